The highest BCUT2D eigenvalue weighted by molar-refractivity contribution is 7.14. The Morgan fingerprint density at radius 2 is 2.12 bits per heavy atom. The molecule has 2 atom stereocenters. The third-order valence-corrected chi connectivity index (χ3v) is 6.10. The summed E-state index contributed by atoms with van der Waals surface area (Å²) in [5.41, 5.74) is -1.83. The van der Waals surface area contributed by atoms with Crippen molar-refractivity contribution in [3.8, 4) is 6.07 Å². The van der Waals surface area contributed by atoms with Gasteiger partial charge in [0.2, 0.25) is 0 Å². The molecule has 2 aromatic rings. The van der Waals surface area contributed by atoms with E-state index in [1.54, 1.807) is 12.3 Å². The summed E-state index contributed by atoms with van der Waals surface area (Å²) in [6.07, 6.45) is 0.141. The lowest BCUT2D eigenvalue weighted by Gasteiger charge is -2.29. The van der Waals surface area contributed by atoms with E-state index in [9.17, 15) is 18.8 Å². The average molecular weight is 374 g/mol. The minimum absolute atomic E-state index is 0.0506. The number of anilines is 2. The van der Waals surface area contributed by atoms with Crippen LogP contribution in [0, 0.1) is 23.0 Å². The molecule has 132 valence electrons. The van der Waals surface area contributed by atoms with E-state index in [1.807, 2.05) is 6.07 Å². The lowest BCUT2D eigenvalue weighted by Crippen LogP contribution is -2.45. The number of hydrogen-bond acceptors (Lipinski definition) is 6. The standard InChI is InChI=1S/C17H12F2N4O2S/c1-8-17(12-6-26-14(21-12)22-17)25-15(24)23(8)9-4-10(18)13(11(19)5-9)16(7-20)2-3-16/h4-6,8H,2-3H2,1H3,(H,21,22)/t8?,17-/m0/s1. The fraction of sp³-hybridized carbons (Fsp3) is 0.353. The van der Waals surface area contributed by atoms with Crippen molar-refractivity contribution in [1.29, 1.82) is 5.26 Å². The van der Waals surface area contributed by atoms with Crippen molar-refractivity contribution in [1.82, 2.24) is 4.98 Å². The Bertz CT molecular complexity index is 989. The summed E-state index contributed by atoms with van der Waals surface area (Å²) in [6, 6.07) is 3.61. The van der Waals surface area contributed by atoms with Crippen LogP contribution in [0.2, 0.25) is 0 Å². The monoisotopic (exact) mass is 374 g/mol. The molecule has 5 rings (SSSR count). The number of carbonyl (C=O) groups excluding carboxylic acids is 1. The van der Waals surface area contributed by atoms with E-state index < -0.39 is 34.9 Å². The highest BCUT2D eigenvalue weighted by atomic mass is 32.1. The van der Waals surface area contributed by atoms with Gasteiger partial charge in [-0.1, -0.05) is 0 Å². The molecule has 1 saturated carbocycles. The summed E-state index contributed by atoms with van der Waals surface area (Å²) in [5, 5.41) is 14.7. The van der Waals surface area contributed by atoms with Gasteiger partial charge in [0.05, 0.1) is 17.2 Å². The minimum Gasteiger partial charge on any atom is -0.414 e. The topological polar surface area (TPSA) is 78.2 Å². The number of benzene rings is 1. The van der Waals surface area contributed by atoms with Crippen molar-refractivity contribution in [3.63, 3.8) is 0 Å². The van der Waals surface area contributed by atoms with E-state index in [0.29, 0.717) is 23.7 Å². The number of nitriles is 1. The van der Waals surface area contributed by atoms with Gasteiger partial charge in [0.1, 0.15) is 23.4 Å². The molecule has 9 heteroatoms. The molecule has 1 aromatic heterocycles. The summed E-state index contributed by atoms with van der Waals surface area (Å²) < 4.78 is 34.8. The summed E-state index contributed by atoms with van der Waals surface area (Å²) in [7, 11) is 0. The molecule has 26 heavy (non-hydrogen) atoms. The third kappa shape index (κ3) is 1.77. The fourth-order valence-electron chi connectivity index (χ4n) is 3.76. The molecule has 0 radical (unpaired) electrons. The van der Waals surface area contributed by atoms with E-state index in [4.69, 9.17) is 4.74 Å². The second kappa shape index (κ2) is 4.71. The highest BCUT2D eigenvalue weighted by Gasteiger charge is 2.58. The van der Waals surface area contributed by atoms with Crippen LogP contribution in [0.4, 0.5) is 24.4 Å². The zero-order valence-corrected chi connectivity index (χ0v) is 14.4. The first-order valence-corrected chi connectivity index (χ1v) is 8.95. The molecule has 2 bridgehead atoms. The van der Waals surface area contributed by atoms with Gasteiger partial charge in [-0.15, -0.1) is 11.3 Å². The first-order valence-electron chi connectivity index (χ1n) is 8.07. The largest absolute Gasteiger partial charge is 0.417 e. The molecular weight excluding hydrogens is 362 g/mol. The smallest absolute Gasteiger partial charge is 0.414 e. The molecule has 2 fully saturated rings. The number of rotatable bonds is 2. The highest BCUT2D eigenvalue weighted by Crippen LogP contribution is 2.51. The number of fused-ring (bicyclic) bond motifs is 3. The summed E-state index contributed by atoms with van der Waals surface area (Å²) >= 11 is 1.39. The Morgan fingerprint density at radius 3 is 2.62 bits per heavy atom. The number of aromatic nitrogens is 1. The van der Waals surface area contributed by atoms with Gasteiger partial charge in [0.25, 0.3) is 5.72 Å². The predicted molar refractivity (Wildman–Crippen MR) is 88.7 cm³/mol. The minimum atomic E-state index is -1.15. The van der Waals surface area contributed by atoms with Gasteiger partial charge in [-0.05, 0) is 31.9 Å². The van der Waals surface area contributed by atoms with Crippen molar-refractivity contribution in [2.45, 2.75) is 36.9 Å². The molecule has 1 saturated heterocycles. The molecule has 3 aliphatic rings. The van der Waals surface area contributed by atoms with E-state index in [0.717, 1.165) is 12.1 Å². The SMILES string of the molecule is CC1N(c2cc(F)c(C3(C#N)CC3)c(F)c2)C(=O)O[C@@]12Nc1nc2cs1. The number of halogens is 2. The van der Waals surface area contributed by atoms with Crippen molar-refractivity contribution in [2.75, 3.05) is 10.2 Å². The molecule has 1 aromatic carbocycles. The summed E-state index contributed by atoms with van der Waals surface area (Å²) in [4.78, 5) is 18.0. The Balaban J connectivity index is 1.56. The number of thiazole rings is 1. The zero-order valence-electron chi connectivity index (χ0n) is 13.5. The number of nitrogens with one attached hydrogen (secondary N) is 1. The van der Waals surface area contributed by atoms with Crippen molar-refractivity contribution >= 4 is 28.2 Å². The molecule has 1 spiro atoms. The van der Waals surface area contributed by atoms with Crippen molar-refractivity contribution in [2.24, 2.45) is 0 Å². The van der Waals surface area contributed by atoms with Crippen LogP contribution in [-0.4, -0.2) is 17.1 Å². The van der Waals surface area contributed by atoms with E-state index >= 15 is 0 Å². The normalized spacial score (nSPS) is 27.4. The van der Waals surface area contributed by atoms with Crippen LogP contribution in [0.5, 0.6) is 0 Å². The maximum atomic E-state index is 14.6. The Morgan fingerprint density at radius 1 is 1.42 bits per heavy atom. The molecule has 1 amide bonds. The van der Waals surface area contributed by atoms with Crippen LogP contribution in [0.3, 0.4) is 0 Å². The van der Waals surface area contributed by atoms with Gasteiger partial charge in [-0.3, -0.25) is 4.90 Å². The molecule has 2 aliphatic heterocycles. The fourth-order valence-corrected chi connectivity index (χ4v) is 4.57. The lowest BCUT2D eigenvalue weighted by molar-refractivity contribution is 0.0634. The molecule has 3 heterocycles. The zero-order chi connectivity index (χ0) is 18.3. The van der Waals surface area contributed by atoms with Crippen LogP contribution >= 0.6 is 11.3 Å². The van der Waals surface area contributed by atoms with Crippen LogP contribution in [0.15, 0.2) is 17.5 Å². The number of nitrogens with zero attached hydrogens (tertiary/aromatic N) is 3. The predicted octanol–water partition coefficient (Wildman–Crippen LogP) is 3.60. The second-order valence-electron chi connectivity index (χ2n) is 6.79. The lowest BCUT2D eigenvalue weighted by atomic mass is 9.95. The molecule has 1 aliphatic carbocycles. The average Bonchev–Trinajstić information content (AvgIpc) is 2.98. The Hall–Kier alpha value is -2.73. The number of ether oxygens (including phenoxy) is 1. The quantitative estimate of drug-likeness (QED) is 0.869. The molecule has 1 unspecified atom stereocenters. The van der Waals surface area contributed by atoms with Crippen molar-refractivity contribution in [3.05, 3.63) is 40.4 Å². The third-order valence-electron chi connectivity index (χ3n) is 5.35. The van der Waals surface area contributed by atoms with E-state index in [1.165, 1.54) is 16.2 Å². The van der Waals surface area contributed by atoms with E-state index in [-0.39, 0.29) is 11.3 Å². The first-order chi connectivity index (χ1) is 12.4. The van der Waals surface area contributed by atoms with Gasteiger partial charge >= 0.3 is 6.09 Å². The number of amides is 1. The molecule has 1 N–H and O–H groups in total. The molecular formula is C17H12F2N4O2S. The van der Waals surface area contributed by atoms with Gasteiger partial charge in [0.15, 0.2) is 5.13 Å². The van der Waals surface area contributed by atoms with Crippen molar-refractivity contribution < 1.29 is 18.3 Å². The van der Waals surface area contributed by atoms with E-state index in [2.05, 4.69) is 10.3 Å². The van der Waals surface area contributed by atoms with Gasteiger partial charge in [0, 0.05) is 10.9 Å². The summed E-state index contributed by atoms with van der Waals surface area (Å²) in [6.45, 7) is 1.72. The maximum absolute atomic E-state index is 14.6. The van der Waals surface area contributed by atoms with Crippen LogP contribution in [-0.2, 0) is 15.9 Å². The van der Waals surface area contributed by atoms with Crippen LogP contribution in [0.1, 0.15) is 31.0 Å². The molecule has 6 nitrogen and oxygen atoms in total. The van der Waals surface area contributed by atoms with Gasteiger partial charge in [-0.25, -0.2) is 18.6 Å². The maximum Gasteiger partial charge on any atom is 0.417 e. The van der Waals surface area contributed by atoms with Crippen LogP contribution < -0.4 is 10.2 Å². The summed E-state index contributed by atoms with van der Waals surface area (Å²) in [5.74, 6) is -1.65. The first kappa shape index (κ1) is 15.5. The Labute approximate surface area is 151 Å². The van der Waals surface area contributed by atoms with Crippen LogP contribution in [0.25, 0.3) is 0 Å². The Kier molecular flexibility index (Phi) is 2.81. The van der Waals surface area contributed by atoms with Gasteiger partial charge in [-0.2, -0.15) is 5.26 Å². The second-order valence-corrected chi connectivity index (χ2v) is 7.65. The number of carbonyl (C=O) groups is 1. The van der Waals surface area contributed by atoms with Gasteiger partial charge < -0.3 is 10.1 Å². The number of hydrogen-bond donors (Lipinski definition) is 1.